The van der Waals surface area contributed by atoms with Crippen LogP contribution in [0.15, 0.2) is 23.3 Å². The van der Waals surface area contributed by atoms with Crippen LogP contribution in [0.2, 0.25) is 5.15 Å². The van der Waals surface area contributed by atoms with Gasteiger partial charge >= 0.3 is 0 Å². The van der Waals surface area contributed by atoms with Crippen LogP contribution in [0.3, 0.4) is 0 Å². The first-order valence-corrected chi connectivity index (χ1v) is 5.72. The van der Waals surface area contributed by atoms with E-state index in [0.29, 0.717) is 5.15 Å². The molecule has 0 spiro atoms. The molecular formula is C9H10ClN3S. The van der Waals surface area contributed by atoms with Crippen LogP contribution < -0.4 is 5.32 Å². The van der Waals surface area contributed by atoms with Crippen molar-refractivity contribution in [2.24, 2.45) is 4.99 Å². The van der Waals surface area contributed by atoms with E-state index in [0.717, 1.165) is 29.6 Å². The van der Waals surface area contributed by atoms with E-state index >= 15 is 0 Å². The third kappa shape index (κ3) is 2.62. The molecule has 0 amide bonds. The number of hydrogen-bond acceptors (Lipinski definition) is 4. The quantitative estimate of drug-likeness (QED) is 0.785. The number of aromatic nitrogens is 1. The van der Waals surface area contributed by atoms with Gasteiger partial charge in [0.2, 0.25) is 0 Å². The lowest BCUT2D eigenvalue weighted by Gasteiger charge is -2.01. The lowest BCUT2D eigenvalue weighted by atomic mass is 10.3. The minimum Gasteiger partial charge on any atom is -0.363 e. The third-order valence-electron chi connectivity index (χ3n) is 1.81. The fraction of sp³-hybridized carbons (Fsp3) is 0.333. The van der Waals surface area contributed by atoms with Gasteiger partial charge < -0.3 is 5.32 Å². The molecule has 0 bridgehead atoms. The standard InChI is InChI=1S/C9H10ClN3S/c10-8-2-1-7(5-13-8)6-14-9-11-3-4-12-9/h1-2,5H,3-4,6H2,(H,11,12). The molecule has 1 aromatic rings. The van der Waals surface area contributed by atoms with Crippen LogP contribution >= 0.6 is 23.4 Å². The molecule has 0 radical (unpaired) electrons. The van der Waals surface area contributed by atoms with Crippen molar-refractivity contribution in [3.8, 4) is 0 Å². The number of hydrogen-bond donors (Lipinski definition) is 1. The molecular weight excluding hydrogens is 218 g/mol. The third-order valence-corrected chi connectivity index (χ3v) is 3.06. The van der Waals surface area contributed by atoms with Gasteiger partial charge in [0.25, 0.3) is 0 Å². The SMILES string of the molecule is Clc1ccc(CSC2=NCCN2)cn1. The molecule has 0 atom stereocenters. The van der Waals surface area contributed by atoms with Crippen molar-refractivity contribution in [3.63, 3.8) is 0 Å². The fourth-order valence-electron chi connectivity index (χ4n) is 1.12. The van der Waals surface area contributed by atoms with Crippen LogP contribution in [0.4, 0.5) is 0 Å². The highest BCUT2D eigenvalue weighted by Crippen LogP contribution is 2.14. The van der Waals surface area contributed by atoms with Crippen molar-refractivity contribution in [2.45, 2.75) is 5.75 Å². The van der Waals surface area contributed by atoms with Crippen LogP contribution in [-0.2, 0) is 5.75 Å². The van der Waals surface area contributed by atoms with Gasteiger partial charge in [0.1, 0.15) is 5.15 Å². The van der Waals surface area contributed by atoms with Gasteiger partial charge in [-0.2, -0.15) is 0 Å². The molecule has 1 aliphatic rings. The van der Waals surface area contributed by atoms with Gasteiger partial charge in [-0.3, -0.25) is 4.99 Å². The van der Waals surface area contributed by atoms with Gasteiger partial charge in [-0.15, -0.1) is 0 Å². The number of amidine groups is 1. The Morgan fingerprint density at radius 1 is 1.50 bits per heavy atom. The van der Waals surface area contributed by atoms with Gasteiger partial charge in [-0.25, -0.2) is 4.98 Å². The summed E-state index contributed by atoms with van der Waals surface area (Å²) >= 11 is 7.38. The minimum atomic E-state index is 0.537. The van der Waals surface area contributed by atoms with Crippen molar-refractivity contribution in [1.82, 2.24) is 10.3 Å². The summed E-state index contributed by atoms with van der Waals surface area (Å²) in [5.74, 6) is 0.885. The van der Waals surface area contributed by atoms with Gasteiger partial charge in [0.15, 0.2) is 5.17 Å². The Kier molecular flexibility index (Phi) is 3.26. The summed E-state index contributed by atoms with van der Waals surface area (Å²) < 4.78 is 0. The summed E-state index contributed by atoms with van der Waals surface area (Å²) in [6, 6.07) is 3.79. The summed E-state index contributed by atoms with van der Waals surface area (Å²) in [6.45, 7) is 1.85. The highest BCUT2D eigenvalue weighted by molar-refractivity contribution is 8.13. The molecule has 2 heterocycles. The number of rotatable bonds is 2. The van der Waals surface area contributed by atoms with Gasteiger partial charge in [-0.1, -0.05) is 29.4 Å². The first-order valence-electron chi connectivity index (χ1n) is 4.36. The monoisotopic (exact) mass is 227 g/mol. The molecule has 0 saturated carbocycles. The molecule has 0 unspecified atom stereocenters. The Morgan fingerprint density at radius 3 is 3.07 bits per heavy atom. The van der Waals surface area contributed by atoms with E-state index < -0.39 is 0 Å². The second-order valence-corrected chi connectivity index (χ2v) is 4.24. The van der Waals surface area contributed by atoms with Crippen LogP contribution in [0.5, 0.6) is 0 Å². The molecule has 0 fully saturated rings. The van der Waals surface area contributed by atoms with Gasteiger partial charge in [0, 0.05) is 18.5 Å². The minimum absolute atomic E-state index is 0.537. The van der Waals surface area contributed by atoms with E-state index in [1.807, 2.05) is 6.07 Å². The van der Waals surface area contributed by atoms with E-state index in [1.54, 1.807) is 24.0 Å². The molecule has 0 aliphatic carbocycles. The van der Waals surface area contributed by atoms with Crippen LogP contribution in [0.1, 0.15) is 5.56 Å². The van der Waals surface area contributed by atoms with E-state index in [2.05, 4.69) is 15.3 Å². The average molecular weight is 228 g/mol. The zero-order valence-electron chi connectivity index (χ0n) is 7.53. The second-order valence-electron chi connectivity index (χ2n) is 2.89. The first-order chi connectivity index (χ1) is 6.84. The number of aliphatic imine (C=N–C) groups is 1. The Bertz CT molecular complexity index is 336. The topological polar surface area (TPSA) is 37.3 Å². The summed E-state index contributed by atoms with van der Waals surface area (Å²) in [5, 5.41) is 4.77. The molecule has 74 valence electrons. The largest absolute Gasteiger partial charge is 0.363 e. The van der Waals surface area contributed by atoms with Gasteiger partial charge in [0.05, 0.1) is 6.54 Å². The van der Waals surface area contributed by atoms with E-state index in [1.165, 1.54) is 0 Å². The number of halogens is 1. The Hall–Kier alpha value is -0.740. The zero-order chi connectivity index (χ0) is 9.80. The number of pyridine rings is 1. The van der Waals surface area contributed by atoms with Crippen molar-refractivity contribution >= 4 is 28.5 Å². The maximum absolute atomic E-state index is 5.68. The molecule has 1 N–H and O–H groups in total. The normalized spacial score (nSPS) is 15.1. The van der Waals surface area contributed by atoms with E-state index in [4.69, 9.17) is 11.6 Å². The number of nitrogens with zero attached hydrogens (tertiary/aromatic N) is 2. The predicted molar refractivity (Wildman–Crippen MR) is 60.8 cm³/mol. The lowest BCUT2D eigenvalue weighted by Crippen LogP contribution is -2.14. The van der Waals surface area contributed by atoms with Crippen LogP contribution in [-0.4, -0.2) is 23.2 Å². The van der Waals surface area contributed by atoms with Crippen molar-refractivity contribution in [2.75, 3.05) is 13.1 Å². The van der Waals surface area contributed by atoms with E-state index in [9.17, 15) is 0 Å². The summed E-state index contributed by atoms with van der Waals surface area (Å²) in [5.41, 5.74) is 1.16. The van der Waals surface area contributed by atoms with Crippen LogP contribution in [0.25, 0.3) is 0 Å². The molecule has 14 heavy (non-hydrogen) atoms. The summed E-state index contributed by atoms with van der Waals surface area (Å²) in [6.07, 6.45) is 1.80. The lowest BCUT2D eigenvalue weighted by molar-refractivity contribution is 0.963. The molecule has 3 nitrogen and oxygen atoms in total. The number of thioether (sulfide) groups is 1. The first kappa shape index (κ1) is 9.80. The zero-order valence-corrected chi connectivity index (χ0v) is 9.11. The Labute approximate surface area is 92.0 Å². The molecule has 1 aliphatic heterocycles. The molecule has 5 heteroatoms. The smallest absolute Gasteiger partial charge is 0.157 e. The molecule has 1 aromatic heterocycles. The van der Waals surface area contributed by atoms with Crippen molar-refractivity contribution in [3.05, 3.63) is 29.0 Å². The molecule has 2 rings (SSSR count). The highest BCUT2D eigenvalue weighted by Gasteiger charge is 2.05. The molecule has 0 aromatic carbocycles. The van der Waals surface area contributed by atoms with Crippen molar-refractivity contribution in [1.29, 1.82) is 0 Å². The second kappa shape index (κ2) is 4.66. The Balaban J connectivity index is 1.88. The fourth-order valence-corrected chi connectivity index (χ4v) is 2.09. The van der Waals surface area contributed by atoms with Crippen molar-refractivity contribution < 1.29 is 0 Å². The van der Waals surface area contributed by atoms with E-state index in [-0.39, 0.29) is 0 Å². The number of nitrogens with one attached hydrogen (secondary N) is 1. The Morgan fingerprint density at radius 2 is 2.43 bits per heavy atom. The highest BCUT2D eigenvalue weighted by atomic mass is 35.5. The summed E-state index contributed by atoms with van der Waals surface area (Å²) in [4.78, 5) is 8.31. The maximum atomic E-state index is 5.68. The van der Waals surface area contributed by atoms with Crippen LogP contribution in [0, 0.1) is 0 Å². The molecule has 0 saturated heterocycles. The predicted octanol–water partition coefficient (Wildman–Crippen LogP) is 1.93. The summed E-state index contributed by atoms with van der Waals surface area (Å²) in [7, 11) is 0. The van der Waals surface area contributed by atoms with Gasteiger partial charge in [-0.05, 0) is 11.6 Å². The maximum Gasteiger partial charge on any atom is 0.157 e. The average Bonchev–Trinajstić information content (AvgIpc) is 2.70.